The van der Waals surface area contributed by atoms with Gasteiger partial charge in [-0.15, -0.1) is 11.6 Å². The van der Waals surface area contributed by atoms with E-state index in [2.05, 4.69) is 29.4 Å². The maximum absolute atomic E-state index is 6.22. The Kier molecular flexibility index (Phi) is 4.63. The first-order valence-electron chi connectivity index (χ1n) is 6.87. The molecule has 0 spiro atoms. The first-order chi connectivity index (χ1) is 8.63. The van der Waals surface area contributed by atoms with Crippen molar-refractivity contribution >= 4 is 11.6 Å². The number of aromatic nitrogens is 1. The maximum atomic E-state index is 6.22. The summed E-state index contributed by atoms with van der Waals surface area (Å²) in [5, 5.41) is 3.66. The van der Waals surface area contributed by atoms with Crippen molar-refractivity contribution in [1.82, 2.24) is 10.3 Å². The van der Waals surface area contributed by atoms with Gasteiger partial charge in [0.25, 0.3) is 0 Å². The molecule has 1 heterocycles. The van der Waals surface area contributed by atoms with Crippen LogP contribution in [0.5, 0.6) is 0 Å². The summed E-state index contributed by atoms with van der Waals surface area (Å²) in [5.74, 6) is 1.47. The van der Waals surface area contributed by atoms with E-state index in [9.17, 15) is 0 Å². The predicted octanol–water partition coefficient (Wildman–Crippen LogP) is 3.67. The van der Waals surface area contributed by atoms with Crippen LogP contribution < -0.4 is 5.32 Å². The van der Waals surface area contributed by atoms with Gasteiger partial charge < -0.3 is 5.32 Å². The highest BCUT2D eigenvalue weighted by atomic mass is 35.5. The second kappa shape index (κ2) is 6.03. The van der Waals surface area contributed by atoms with Gasteiger partial charge in [0.05, 0.1) is 5.69 Å². The van der Waals surface area contributed by atoms with Gasteiger partial charge in [0.1, 0.15) is 0 Å². The van der Waals surface area contributed by atoms with E-state index >= 15 is 0 Å². The number of alkyl halides is 1. The van der Waals surface area contributed by atoms with E-state index in [0.717, 1.165) is 23.9 Å². The molecule has 2 atom stereocenters. The van der Waals surface area contributed by atoms with Gasteiger partial charge in [-0.2, -0.15) is 0 Å². The fourth-order valence-electron chi connectivity index (χ4n) is 2.97. The summed E-state index contributed by atoms with van der Waals surface area (Å²) in [6.07, 6.45) is 4.99. The van der Waals surface area contributed by atoms with Crippen LogP contribution in [-0.4, -0.2) is 16.4 Å². The van der Waals surface area contributed by atoms with E-state index in [1.54, 1.807) is 0 Å². The lowest BCUT2D eigenvalue weighted by Gasteiger charge is -2.39. The topological polar surface area (TPSA) is 24.9 Å². The Labute approximate surface area is 115 Å². The van der Waals surface area contributed by atoms with E-state index < -0.39 is 0 Å². The number of rotatable bonds is 4. The number of pyridine rings is 1. The Hall–Kier alpha value is -0.600. The Balaban J connectivity index is 1.98. The van der Waals surface area contributed by atoms with Crippen LogP contribution in [0.3, 0.4) is 0 Å². The summed E-state index contributed by atoms with van der Waals surface area (Å²) in [6, 6.07) is 6.17. The molecule has 18 heavy (non-hydrogen) atoms. The lowest BCUT2D eigenvalue weighted by atomic mass is 9.77. The van der Waals surface area contributed by atoms with Gasteiger partial charge in [-0.25, -0.2) is 0 Å². The van der Waals surface area contributed by atoms with Gasteiger partial charge >= 0.3 is 0 Å². The first-order valence-corrected chi connectivity index (χ1v) is 7.40. The number of hydrogen-bond acceptors (Lipinski definition) is 2. The molecule has 1 fully saturated rings. The van der Waals surface area contributed by atoms with Crippen molar-refractivity contribution in [2.24, 2.45) is 5.92 Å². The zero-order chi connectivity index (χ0) is 13.0. The van der Waals surface area contributed by atoms with Crippen LogP contribution in [-0.2, 0) is 6.54 Å². The summed E-state index contributed by atoms with van der Waals surface area (Å²) in [5.41, 5.74) is 2.30. The Morgan fingerprint density at radius 2 is 2.33 bits per heavy atom. The van der Waals surface area contributed by atoms with Crippen LogP contribution in [0.4, 0.5) is 0 Å². The van der Waals surface area contributed by atoms with Crippen molar-refractivity contribution in [3.05, 3.63) is 29.6 Å². The zero-order valence-electron chi connectivity index (χ0n) is 11.4. The van der Waals surface area contributed by atoms with Crippen molar-refractivity contribution in [3.63, 3.8) is 0 Å². The van der Waals surface area contributed by atoms with Crippen LogP contribution in [0.15, 0.2) is 18.2 Å². The number of aryl methyl sites for hydroxylation is 1. The van der Waals surface area contributed by atoms with Crippen LogP contribution in [0.1, 0.15) is 44.0 Å². The van der Waals surface area contributed by atoms with Crippen LogP contribution in [0.25, 0.3) is 0 Å². The fourth-order valence-corrected chi connectivity index (χ4v) is 3.30. The van der Waals surface area contributed by atoms with E-state index in [4.69, 9.17) is 11.6 Å². The molecular weight excluding hydrogens is 244 g/mol. The average Bonchev–Trinajstić information content (AvgIpc) is 2.37. The maximum Gasteiger partial charge on any atom is 0.0545 e. The molecule has 0 amide bonds. The molecule has 1 aromatic rings. The molecule has 2 unspecified atom stereocenters. The van der Waals surface area contributed by atoms with Gasteiger partial charge in [-0.05, 0) is 37.8 Å². The van der Waals surface area contributed by atoms with Crippen molar-refractivity contribution in [2.45, 2.75) is 51.6 Å². The monoisotopic (exact) mass is 266 g/mol. The van der Waals surface area contributed by atoms with E-state index in [0.29, 0.717) is 5.88 Å². The summed E-state index contributed by atoms with van der Waals surface area (Å²) < 4.78 is 0. The molecule has 2 nitrogen and oxygen atoms in total. The molecular formula is C15H23ClN2. The van der Waals surface area contributed by atoms with Crippen LogP contribution >= 0.6 is 11.6 Å². The highest BCUT2D eigenvalue weighted by Gasteiger charge is 2.33. The summed E-state index contributed by atoms with van der Waals surface area (Å²) in [6.45, 7) is 5.18. The van der Waals surface area contributed by atoms with Gasteiger partial charge in [-0.1, -0.05) is 25.8 Å². The van der Waals surface area contributed by atoms with E-state index in [1.807, 2.05) is 13.0 Å². The molecule has 2 rings (SSSR count). The quantitative estimate of drug-likeness (QED) is 0.842. The number of nitrogens with zero attached hydrogens (tertiary/aromatic N) is 1. The van der Waals surface area contributed by atoms with Crippen molar-refractivity contribution in [3.8, 4) is 0 Å². The fraction of sp³-hybridized carbons (Fsp3) is 0.667. The third kappa shape index (κ3) is 3.46. The predicted molar refractivity (Wildman–Crippen MR) is 76.9 cm³/mol. The van der Waals surface area contributed by atoms with Gasteiger partial charge in [0, 0.05) is 23.7 Å². The minimum atomic E-state index is 0.116. The average molecular weight is 267 g/mol. The SMILES string of the molecule is Cc1cccc(CNC2(CCl)CCCC(C)C2)n1. The minimum absolute atomic E-state index is 0.116. The Morgan fingerprint density at radius 3 is 3.00 bits per heavy atom. The second-order valence-corrected chi connectivity index (χ2v) is 6.01. The van der Waals surface area contributed by atoms with Crippen LogP contribution in [0.2, 0.25) is 0 Å². The molecule has 1 N–H and O–H groups in total. The molecule has 100 valence electrons. The highest BCUT2D eigenvalue weighted by Crippen LogP contribution is 2.33. The van der Waals surface area contributed by atoms with Gasteiger partial charge in [0.2, 0.25) is 0 Å². The first kappa shape index (κ1) is 13.8. The molecule has 0 aromatic carbocycles. The van der Waals surface area contributed by atoms with Crippen molar-refractivity contribution in [1.29, 1.82) is 0 Å². The molecule has 0 bridgehead atoms. The molecule has 0 aliphatic heterocycles. The molecule has 0 saturated heterocycles. The summed E-state index contributed by atoms with van der Waals surface area (Å²) >= 11 is 6.22. The molecule has 1 aliphatic rings. The van der Waals surface area contributed by atoms with Gasteiger partial charge in [-0.3, -0.25) is 4.98 Å². The third-order valence-corrected chi connectivity index (χ3v) is 4.45. The van der Waals surface area contributed by atoms with Crippen molar-refractivity contribution in [2.75, 3.05) is 5.88 Å². The lowest BCUT2D eigenvalue weighted by Crippen LogP contribution is -2.49. The van der Waals surface area contributed by atoms with Crippen LogP contribution in [0, 0.1) is 12.8 Å². The number of halogens is 1. The molecule has 1 aliphatic carbocycles. The summed E-state index contributed by atoms with van der Waals surface area (Å²) in [7, 11) is 0. The zero-order valence-corrected chi connectivity index (χ0v) is 12.1. The molecule has 0 radical (unpaired) electrons. The second-order valence-electron chi connectivity index (χ2n) is 5.74. The molecule has 1 aromatic heterocycles. The standard InChI is InChI=1S/C15H23ClN2/c1-12-5-4-8-15(9-12,11-16)17-10-14-7-3-6-13(2)18-14/h3,6-7,12,17H,4-5,8-11H2,1-2H3. The largest absolute Gasteiger partial charge is 0.304 e. The molecule has 1 saturated carbocycles. The molecule has 3 heteroatoms. The lowest BCUT2D eigenvalue weighted by molar-refractivity contribution is 0.207. The van der Waals surface area contributed by atoms with Crippen molar-refractivity contribution < 1.29 is 0 Å². The van der Waals surface area contributed by atoms with E-state index in [1.165, 1.54) is 25.7 Å². The normalized spacial score (nSPS) is 28.3. The highest BCUT2D eigenvalue weighted by molar-refractivity contribution is 6.18. The summed E-state index contributed by atoms with van der Waals surface area (Å²) in [4.78, 5) is 4.54. The smallest absolute Gasteiger partial charge is 0.0545 e. The van der Waals surface area contributed by atoms with E-state index in [-0.39, 0.29) is 5.54 Å². The third-order valence-electron chi connectivity index (χ3n) is 3.94. The Bertz CT molecular complexity index is 394. The number of hydrogen-bond donors (Lipinski definition) is 1. The minimum Gasteiger partial charge on any atom is -0.304 e. The van der Waals surface area contributed by atoms with Gasteiger partial charge in [0.15, 0.2) is 0 Å². The Morgan fingerprint density at radius 1 is 1.50 bits per heavy atom. The number of nitrogens with one attached hydrogen (secondary N) is 1.